The summed E-state index contributed by atoms with van der Waals surface area (Å²) in [6.45, 7) is 0. The monoisotopic (exact) mass is 276 g/mol. The average Bonchev–Trinajstić information content (AvgIpc) is 2.28. The molecule has 2 unspecified atom stereocenters. The SMILES string of the molecule is OC12CC3CC(C1)CC(Cc1ccc(Cl)cc1)(C3)C2. The number of hydrogen-bond acceptors (Lipinski definition) is 1. The summed E-state index contributed by atoms with van der Waals surface area (Å²) < 4.78 is 0. The van der Waals surface area contributed by atoms with Gasteiger partial charge in [0.15, 0.2) is 0 Å². The van der Waals surface area contributed by atoms with Crippen molar-refractivity contribution in [2.45, 2.75) is 50.5 Å². The van der Waals surface area contributed by atoms with Crippen LogP contribution in [0.5, 0.6) is 0 Å². The number of hydrogen-bond donors (Lipinski definition) is 1. The molecule has 0 spiro atoms. The van der Waals surface area contributed by atoms with E-state index in [9.17, 15) is 5.11 Å². The lowest BCUT2D eigenvalue weighted by molar-refractivity contribution is -0.163. The molecule has 0 amide bonds. The van der Waals surface area contributed by atoms with Crippen LogP contribution in [0.4, 0.5) is 0 Å². The van der Waals surface area contributed by atoms with Crippen LogP contribution in [0.1, 0.15) is 44.1 Å². The van der Waals surface area contributed by atoms with Crippen molar-refractivity contribution >= 4 is 11.6 Å². The van der Waals surface area contributed by atoms with Crippen molar-refractivity contribution in [3.63, 3.8) is 0 Å². The molecule has 4 saturated carbocycles. The van der Waals surface area contributed by atoms with Crippen molar-refractivity contribution < 1.29 is 5.11 Å². The van der Waals surface area contributed by atoms with Crippen LogP contribution >= 0.6 is 11.6 Å². The second-order valence-corrected chi connectivity index (χ2v) is 7.93. The fourth-order valence-corrected chi connectivity index (χ4v) is 5.77. The molecule has 1 nitrogen and oxygen atoms in total. The third kappa shape index (κ3) is 2.11. The lowest BCUT2D eigenvalue weighted by atomic mass is 9.47. The highest BCUT2D eigenvalue weighted by Gasteiger charge is 2.56. The van der Waals surface area contributed by atoms with E-state index in [1.807, 2.05) is 12.1 Å². The van der Waals surface area contributed by atoms with Gasteiger partial charge in [0.2, 0.25) is 0 Å². The highest BCUT2D eigenvalue weighted by atomic mass is 35.5. The maximum atomic E-state index is 10.8. The summed E-state index contributed by atoms with van der Waals surface area (Å²) in [7, 11) is 0. The second-order valence-electron chi connectivity index (χ2n) is 7.49. The van der Waals surface area contributed by atoms with E-state index >= 15 is 0 Å². The van der Waals surface area contributed by atoms with Gasteiger partial charge in [-0.1, -0.05) is 23.7 Å². The maximum absolute atomic E-state index is 10.8. The molecule has 1 N–H and O–H groups in total. The van der Waals surface area contributed by atoms with E-state index < -0.39 is 0 Å². The molecule has 0 saturated heterocycles. The average molecular weight is 277 g/mol. The molecule has 4 aliphatic rings. The van der Waals surface area contributed by atoms with E-state index in [-0.39, 0.29) is 5.60 Å². The Hall–Kier alpha value is -0.530. The van der Waals surface area contributed by atoms with Gasteiger partial charge in [-0.3, -0.25) is 0 Å². The van der Waals surface area contributed by atoms with Gasteiger partial charge in [0.25, 0.3) is 0 Å². The van der Waals surface area contributed by atoms with E-state index in [4.69, 9.17) is 11.6 Å². The molecule has 1 aromatic rings. The van der Waals surface area contributed by atoms with Crippen molar-refractivity contribution in [1.29, 1.82) is 0 Å². The summed E-state index contributed by atoms with van der Waals surface area (Å²) in [4.78, 5) is 0. The first kappa shape index (κ1) is 12.2. The summed E-state index contributed by atoms with van der Waals surface area (Å²) in [6, 6.07) is 8.30. The van der Waals surface area contributed by atoms with E-state index in [0.29, 0.717) is 5.41 Å². The fraction of sp³-hybridized carbons (Fsp3) is 0.647. The number of benzene rings is 1. The van der Waals surface area contributed by atoms with Crippen molar-refractivity contribution in [3.05, 3.63) is 34.9 Å². The molecule has 5 rings (SSSR count). The molecule has 0 heterocycles. The van der Waals surface area contributed by atoms with Crippen LogP contribution in [0, 0.1) is 17.3 Å². The minimum Gasteiger partial charge on any atom is -0.390 e. The van der Waals surface area contributed by atoms with Gasteiger partial charge in [-0.2, -0.15) is 0 Å². The normalized spacial score (nSPS) is 43.7. The molecule has 102 valence electrons. The molecule has 0 radical (unpaired) electrons. The third-order valence-electron chi connectivity index (χ3n) is 5.64. The number of aliphatic hydroxyl groups is 1. The number of rotatable bonds is 2. The topological polar surface area (TPSA) is 20.2 Å². The maximum Gasteiger partial charge on any atom is 0.0658 e. The van der Waals surface area contributed by atoms with Gasteiger partial charge < -0.3 is 5.11 Å². The molecule has 1 aromatic carbocycles. The first-order valence-corrected chi connectivity index (χ1v) is 7.89. The Labute approximate surface area is 120 Å². The Balaban J connectivity index is 1.61. The largest absolute Gasteiger partial charge is 0.390 e. The van der Waals surface area contributed by atoms with Crippen LogP contribution < -0.4 is 0 Å². The minimum atomic E-state index is -0.337. The molecule has 4 fully saturated rings. The molecular weight excluding hydrogens is 256 g/mol. The van der Waals surface area contributed by atoms with Crippen LogP contribution in [0.15, 0.2) is 24.3 Å². The second kappa shape index (κ2) is 3.99. The van der Waals surface area contributed by atoms with Gasteiger partial charge in [-0.15, -0.1) is 0 Å². The van der Waals surface area contributed by atoms with Crippen molar-refractivity contribution in [2.24, 2.45) is 17.3 Å². The van der Waals surface area contributed by atoms with Gasteiger partial charge in [0.1, 0.15) is 0 Å². The predicted octanol–water partition coefficient (Wildman–Crippen LogP) is 4.21. The lowest BCUT2D eigenvalue weighted by Crippen LogP contribution is -2.56. The molecule has 0 aliphatic heterocycles. The zero-order valence-electron chi connectivity index (χ0n) is 11.2. The van der Waals surface area contributed by atoms with Gasteiger partial charge in [0, 0.05) is 5.02 Å². The fourth-order valence-electron chi connectivity index (χ4n) is 5.64. The van der Waals surface area contributed by atoms with Crippen LogP contribution in [-0.4, -0.2) is 10.7 Å². The highest BCUT2D eigenvalue weighted by Crippen LogP contribution is 2.62. The van der Waals surface area contributed by atoms with Gasteiger partial charge in [-0.25, -0.2) is 0 Å². The smallest absolute Gasteiger partial charge is 0.0658 e. The Morgan fingerprint density at radius 1 is 1.05 bits per heavy atom. The first-order chi connectivity index (χ1) is 9.04. The molecule has 0 aromatic heterocycles. The molecule has 2 atom stereocenters. The van der Waals surface area contributed by atoms with Crippen LogP contribution in [0.2, 0.25) is 5.02 Å². The lowest BCUT2D eigenvalue weighted by Gasteiger charge is -2.60. The Morgan fingerprint density at radius 2 is 1.68 bits per heavy atom. The van der Waals surface area contributed by atoms with Gasteiger partial charge in [-0.05, 0) is 79.9 Å². The van der Waals surface area contributed by atoms with Gasteiger partial charge >= 0.3 is 0 Å². The Bertz CT molecular complexity index is 478. The van der Waals surface area contributed by atoms with Crippen molar-refractivity contribution in [1.82, 2.24) is 0 Å². The van der Waals surface area contributed by atoms with Crippen LogP contribution in [0.3, 0.4) is 0 Å². The summed E-state index contributed by atoms with van der Waals surface area (Å²) in [5, 5.41) is 11.6. The predicted molar refractivity (Wildman–Crippen MR) is 77.2 cm³/mol. The summed E-state index contributed by atoms with van der Waals surface area (Å²) in [5.41, 5.74) is 1.42. The summed E-state index contributed by atoms with van der Waals surface area (Å²) in [6.07, 6.45) is 8.29. The quantitative estimate of drug-likeness (QED) is 0.858. The van der Waals surface area contributed by atoms with Gasteiger partial charge in [0.05, 0.1) is 5.60 Å². The molecule has 19 heavy (non-hydrogen) atoms. The summed E-state index contributed by atoms with van der Waals surface area (Å²) in [5.74, 6) is 1.55. The molecule has 4 bridgehead atoms. The van der Waals surface area contributed by atoms with E-state index in [1.54, 1.807) is 0 Å². The minimum absolute atomic E-state index is 0.337. The molecule has 2 heteroatoms. The number of halogens is 1. The van der Waals surface area contributed by atoms with Crippen LogP contribution in [-0.2, 0) is 6.42 Å². The Morgan fingerprint density at radius 3 is 2.26 bits per heavy atom. The molecular formula is C17H21ClO. The summed E-state index contributed by atoms with van der Waals surface area (Å²) >= 11 is 5.97. The third-order valence-corrected chi connectivity index (χ3v) is 5.90. The van der Waals surface area contributed by atoms with Crippen molar-refractivity contribution in [2.75, 3.05) is 0 Å². The van der Waals surface area contributed by atoms with E-state index in [0.717, 1.165) is 42.5 Å². The Kier molecular flexibility index (Phi) is 2.57. The molecule has 4 aliphatic carbocycles. The first-order valence-electron chi connectivity index (χ1n) is 7.51. The van der Waals surface area contributed by atoms with Crippen LogP contribution in [0.25, 0.3) is 0 Å². The van der Waals surface area contributed by atoms with E-state index in [1.165, 1.54) is 24.8 Å². The zero-order valence-corrected chi connectivity index (χ0v) is 12.0. The van der Waals surface area contributed by atoms with E-state index in [2.05, 4.69) is 12.1 Å². The highest BCUT2D eigenvalue weighted by molar-refractivity contribution is 6.30. The van der Waals surface area contributed by atoms with Crippen molar-refractivity contribution in [3.8, 4) is 0 Å². The zero-order chi connectivity index (χ0) is 13.1. The standard InChI is InChI=1S/C17H21ClO/c18-15-3-1-12(2-4-15)6-16-7-13-5-14(8-16)10-17(19,9-13)11-16/h1-4,13-14,19H,5-11H2.